The Balaban J connectivity index is 1.91. The van der Waals surface area contributed by atoms with Crippen molar-refractivity contribution in [1.82, 2.24) is 4.90 Å². The Morgan fingerprint density at radius 3 is 2.76 bits per heavy atom. The fourth-order valence-corrected chi connectivity index (χ4v) is 3.79. The van der Waals surface area contributed by atoms with Crippen molar-refractivity contribution in [1.29, 1.82) is 0 Å². The zero-order valence-electron chi connectivity index (χ0n) is 13.3. The van der Waals surface area contributed by atoms with E-state index in [4.69, 9.17) is 4.74 Å². The van der Waals surface area contributed by atoms with Gasteiger partial charge in [0.25, 0.3) is 0 Å². The predicted octanol–water partition coefficient (Wildman–Crippen LogP) is 3.31. The molecule has 0 aromatic heterocycles. The Labute approximate surface area is 127 Å². The number of likely N-dealkylation sites (tertiary alicyclic amines) is 1. The molecule has 3 nitrogen and oxygen atoms in total. The van der Waals surface area contributed by atoms with Crippen LogP contribution >= 0.6 is 0 Å². The van der Waals surface area contributed by atoms with Crippen LogP contribution in [0.15, 0.2) is 18.2 Å². The summed E-state index contributed by atoms with van der Waals surface area (Å²) in [5.41, 5.74) is 2.00. The maximum Gasteiger partial charge on any atom is 0.128 e. The maximum atomic E-state index is 11.1. The van der Waals surface area contributed by atoms with Gasteiger partial charge in [-0.25, -0.2) is 0 Å². The number of benzene rings is 1. The van der Waals surface area contributed by atoms with Crippen LogP contribution in [0.3, 0.4) is 0 Å². The summed E-state index contributed by atoms with van der Waals surface area (Å²) in [4.78, 5) is 2.48. The van der Waals surface area contributed by atoms with Crippen molar-refractivity contribution in [3.05, 3.63) is 29.3 Å². The molecule has 0 amide bonds. The quantitative estimate of drug-likeness (QED) is 0.923. The number of fused-ring (bicyclic) bond motifs is 1. The standard InChI is InChI=1S/C18H27NO2/c1-3-18(2,19-11-5-4-6-12-19)17(20)15-9-7-8-14-10-13-21-16(14)15/h7-9,17,20H,3-6,10-13H2,1-2H3. The van der Waals surface area contributed by atoms with Gasteiger partial charge in [0.2, 0.25) is 0 Å². The summed E-state index contributed by atoms with van der Waals surface area (Å²) in [6, 6.07) is 6.20. The third-order valence-corrected chi connectivity index (χ3v) is 5.42. The number of piperidine rings is 1. The smallest absolute Gasteiger partial charge is 0.128 e. The first kappa shape index (κ1) is 14.9. The lowest BCUT2D eigenvalue weighted by molar-refractivity contribution is -0.0361. The molecule has 1 aromatic rings. The molecule has 0 radical (unpaired) electrons. The van der Waals surface area contributed by atoms with Gasteiger partial charge in [-0.05, 0) is 44.8 Å². The number of rotatable bonds is 4. The minimum Gasteiger partial charge on any atom is -0.493 e. The van der Waals surface area contributed by atoms with Crippen LogP contribution in [0, 0.1) is 0 Å². The van der Waals surface area contributed by atoms with E-state index in [1.54, 1.807) is 0 Å². The number of nitrogens with zero attached hydrogens (tertiary/aromatic N) is 1. The molecule has 2 aliphatic heterocycles. The Kier molecular flexibility index (Phi) is 4.23. The lowest BCUT2D eigenvalue weighted by Gasteiger charge is -2.46. The molecule has 0 aliphatic carbocycles. The molecule has 2 atom stereocenters. The summed E-state index contributed by atoms with van der Waals surface area (Å²) in [5.74, 6) is 0.932. The van der Waals surface area contributed by atoms with E-state index in [2.05, 4.69) is 30.9 Å². The van der Waals surface area contributed by atoms with Crippen molar-refractivity contribution >= 4 is 0 Å². The van der Waals surface area contributed by atoms with Crippen LogP contribution in [0.5, 0.6) is 5.75 Å². The lowest BCUT2D eigenvalue weighted by atomic mass is 9.83. The van der Waals surface area contributed by atoms with E-state index in [1.807, 2.05) is 6.07 Å². The van der Waals surface area contributed by atoms with Crippen LogP contribution < -0.4 is 4.74 Å². The van der Waals surface area contributed by atoms with Gasteiger partial charge in [-0.15, -0.1) is 0 Å². The normalized spacial score (nSPS) is 23.2. The van der Waals surface area contributed by atoms with Gasteiger partial charge < -0.3 is 9.84 Å². The zero-order chi connectivity index (χ0) is 14.9. The molecule has 1 fully saturated rings. The summed E-state index contributed by atoms with van der Waals surface area (Å²) >= 11 is 0. The second kappa shape index (κ2) is 5.98. The summed E-state index contributed by atoms with van der Waals surface area (Å²) < 4.78 is 5.80. The first-order valence-electron chi connectivity index (χ1n) is 8.34. The summed E-state index contributed by atoms with van der Waals surface area (Å²) in [6.45, 7) is 7.32. The monoisotopic (exact) mass is 289 g/mol. The number of hydrogen-bond acceptors (Lipinski definition) is 3. The fourth-order valence-electron chi connectivity index (χ4n) is 3.79. The second-order valence-corrected chi connectivity index (χ2v) is 6.59. The third kappa shape index (κ3) is 2.58. The molecular weight excluding hydrogens is 262 g/mol. The lowest BCUT2D eigenvalue weighted by Crippen LogP contribution is -2.52. The number of para-hydroxylation sites is 1. The van der Waals surface area contributed by atoms with Crippen molar-refractivity contribution in [2.24, 2.45) is 0 Å². The van der Waals surface area contributed by atoms with E-state index in [1.165, 1.54) is 24.8 Å². The highest BCUT2D eigenvalue weighted by molar-refractivity contribution is 5.46. The van der Waals surface area contributed by atoms with E-state index in [0.29, 0.717) is 0 Å². The third-order valence-electron chi connectivity index (χ3n) is 5.42. The van der Waals surface area contributed by atoms with Crippen LogP contribution in [0.2, 0.25) is 0 Å². The predicted molar refractivity (Wildman–Crippen MR) is 84.7 cm³/mol. The highest BCUT2D eigenvalue weighted by atomic mass is 16.5. The Morgan fingerprint density at radius 2 is 2.05 bits per heavy atom. The topological polar surface area (TPSA) is 32.7 Å². The van der Waals surface area contributed by atoms with Crippen LogP contribution in [0.4, 0.5) is 0 Å². The van der Waals surface area contributed by atoms with Crippen LogP contribution in [-0.2, 0) is 6.42 Å². The summed E-state index contributed by atoms with van der Waals surface area (Å²) in [6.07, 6.45) is 5.21. The largest absolute Gasteiger partial charge is 0.493 e. The van der Waals surface area contributed by atoms with Gasteiger partial charge in [0, 0.05) is 17.5 Å². The van der Waals surface area contributed by atoms with Gasteiger partial charge in [-0.3, -0.25) is 4.90 Å². The average Bonchev–Trinajstić information content (AvgIpc) is 3.02. The Morgan fingerprint density at radius 1 is 1.29 bits per heavy atom. The molecule has 21 heavy (non-hydrogen) atoms. The molecule has 0 saturated carbocycles. The average molecular weight is 289 g/mol. The number of hydrogen-bond donors (Lipinski definition) is 1. The Hall–Kier alpha value is -1.06. The molecule has 1 N–H and O–H groups in total. The summed E-state index contributed by atoms with van der Waals surface area (Å²) in [7, 11) is 0. The number of aliphatic hydroxyl groups excluding tert-OH is 1. The molecule has 0 spiro atoms. The minimum atomic E-state index is -0.492. The van der Waals surface area contributed by atoms with Gasteiger partial charge in [0.05, 0.1) is 6.61 Å². The zero-order valence-corrected chi connectivity index (χ0v) is 13.3. The van der Waals surface area contributed by atoms with Crippen LogP contribution in [0.1, 0.15) is 56.8 Å². The van der Waals surface area contributed by atoms with Crippen molar-refractivity contribution < 1.29 is 9.84 Å². The molecule has 2 aliphatic rings. The van der Waals surface area contributed by atoms with E-state index in [9.17, 15) is 5.11 Å². The second-order valence-electron chi connectivity index (χ2n) is 6.59. The van der Waals surface area contributed by atoms with E-state index < -0.39 is 6.10 Å². The van der Waals surface area contributed by atoms with Crippen molar-refractivity contribution in [2.75, 3.05) is 19.7 Å². The van der Waals surface area contributed by atoms with Crippen molar-refractivity contribution in [3.8, 4) is 5.75 Å². The number of ether oxygens (including phenoxy) is 1. The van der Waals surface area contributed by atoms with Gasteiger partial charge in [0.15, 0.2) is 0 Å². The molecule has 116 valence electrons. The van der Waals surface area contributed by atoms with Gasteiger partial charge in [-0.1, -0.05) is 31.5 Å². The van der Waals surface area contributed by atoms with Crippen molar-refractivity contribution in [2.45, 2.75) is 57.6 Å². The molecule has 1 saturated heterocycles. The fraction of sp³-hybridized carbons (Fsp3) is 0.667. The molecule has 2 unspecified atom stereocenters. The van der Waals surface area contributed by atoms with E-state index in [-0.39, 0.29) is 5.54 Å². The Bertz CT molecular complexity index is 496. The van der Waals surface area contributed by atoms with E-state index >= 15 is 0 Å². The molecule has 2 heterocycles. The molecule has 0 bridgehead atoms. The molecule has 1 aromatic carbocycles. The van der Waals surface area contributed by atoms with Gasteiger partial charge in [-0.2, -0.15) is 0 Å². The highest BCUT2D eigenvalue weighted by Gasteiger charge is 2.40. The summed E-state index contributed by atoms with van der Waals surface area (Å²) in [5, 5.41) is 11.1. The van der Waals surface area contributed by atoms with Crippen LogP contribution in [0.25, 0.3) is 0 Å². The van der Waals surface area contributed by atoms with Crippen molar-refractivity contribution in [3.63, 3.8) is 0 Å². The molecule has 3 rings (SSSR count). The molecular formula is C18H27NO2. The SMILES string of the molecule is CCC(C)(C(O)c1cccc2c1OCC2)N1CCCCC1. The maximum absolute atomic E-state index is 11.1. The first-order valence-corrected chi connectivity index (χ1v) is 8.34. The van der Waals surface area contributed by atoms with Gasteiger partial charge in [0.1, 0.15) is 11.9 Å². The number of aliphatic hydroxyl groups is 1. The highest BCUT2D eigenvalue weighted by Crippen LogP contribution is 2.42. The minimum absolute atomic E-state index is 0.207. The molecule has 3 heteroatoms. The van der Waals surface area contributed by atoms with Gasteiger partial charge >= 0.3 is 0 Å². The van der Waals surface area contributed by atoms with Crippen LogP contribution in [-0.4, -0.2) is 35.2 Å². The van der Waals surface area contributed by atoms with E-state index in [0.717, 1.165) is 43.9 Å². The first-order chi connectivity index (χ1) is 10.2.